The number of rotatable bonds is 12. The first-order valence-electron chi connectivity index (χ1n) is 15.6. The molecular formula is C38H42N2O6. The fourth-order valence-corrected chi connectivity index (χ4v) is 5.69. The number of hydrogen-bond donors (Lipinski definition) is 3. The van der Waals surface area contributed by atoms with Gasteiger partial charge in [0, 0.05) is 35.8 Å². The van der Waals surface area contributed by atoms with Gasteiger partial charge in [0.05, 0.1) is 31.3 Å². The lowest BCUT2D eigenvalue weighted by Gasteiger charge is -2.39. The van der Waals surface area contributed by atoms with Gasteiger partial charge in [-0.15, -0.1) is 0 Å². The van der Waals surface area contributed by atoms with Crippen LogP contribution in [0, 0.1) is 0 Å². The number of aliphatic hydroxyl groups excluding tert-OH is 2. The van der Waals surface area contributed by atoms with Crippen molar-refractivity contribution < 1.29 is 29.3 Å². The third kappa shape index (κ3) is 8.54. The van der Waals surface area contributed by atoms with Crippen molar-refractivity contribution in [3.8, 4) is 0 Å². The van der Waals surface area contributed by atoms with Gasteiger partial charge >= 0.3 is 0 Å². The van der Waals surface area contributed by atoms with E-state index in [9.17, 15) is 19.8 Å². The smallest absolute Gasteiger partial charge is 0.228 e. The van der Waals surface area contributed by atoms with Gasteiger partial charge in [0.1, 0.15) is 0 Å². The second-order valence-electron chi connectivity index (χ2n) is 12.0. The number of nitrogens with one attached hydrogen (secondary N) is 1. The van der Waals surface area contributed by atoms with Crippen molar-refractivity contribution in [2.45, 2.75) is 63.9 Å². The molecule has 3 N–H and O–H groups in total. The second kappa shape index (κ2) is 15.4. The zero-order valence-corrected chi connectivity index (χ0v) is 26.5. The Bertz CT molecular complexity index is 1590. The largest absolute Gasteiger partial charge is 0.392 e. The van der Waals surface area contributed by atoms with E-state index in [1.807, 2.05) is 92.8 Å². The number of ketones is 1. The van der Waals surface area contributed by atoms with E-state index in [0.717, 1.165) is 27.8 Å². The molecule has 0 saturated carbocycles. The number of carbonyl (C=O) groups is 2. The van der Waals surface area contributed by atoms with Gasteiger partial charge in [-0.1, -0.05) is 91.0 Å². The molecule has 5 unspecified atom stereocenters. The number of anilines is 1. The van der Waals surface area contributed by atoms with Crippen LogP contribution in [-0.4, -0.2) is 52.5 Å². The molecule has 0 bridgehead atoms. The number of ether oxygens (including phenoxy) is 2. The Labute approximate surface area is 270 Å². The molecule has 1 aliphatic rings. The lowest BCUT2D eigenvalue weighted by molar-refractivity contribution is -0.253. The Morgan fingerprint density at radius 2 is 1.57 bits per heavy atom. The maximum atomic E-state index is 12.8. The summed E-state index contributed by atoms with van der Waals surface area (Å²) in [6, 6.07) is 31.8. The van der Waals surface area contributed by atoms with Crippen LogP contribution >= 0.6 is 0 Å². The van der Waals surface area contributed by atoms with Gasteiger partial charge in [0.15, 0.2) is 12.1 Å². The Balaban J connectivity index is 1.28. The minimum Gasteiger partial charge on any atom is -0.392 e. The molecule has 8 nitrogen and oxygen atoms in total. The minimum atomic E-state index is -0.647. The van der Waals surface area contributed by atoms with Crippen molar-refractivity contribution in [3.05, 3.63) is 137 Å². The van der Waals surface area contributed by atoms with E-state index in [1.165, 1.54) is 6.92 Å². The molecule has 0 aliphatic carbocycles. The lowest BCUT2D eigenvalue weighted by atomic mass is 9.98. The van der Waals surface area contributed by atoms with Crippen molar-refractivity contribution in [1.82, 2.24) is 4.90 Å². The summed E-state index contributed by atoms with van der Waals surface area (Å²) in [5.41, 5.74) is 5.49. The summed E-state index contributed by atoms with van der Waals surface area (Å²) in [6.07, 6.45) is -0.918. The summed E-state index contributed by atoms with van der Waals surface area (Å²) in [5, 5.41) is 23.4. The van der Waals surface area contributed by atoms with E-state index < -0.39 is 12.4 Å². The first kappa shape index (κ1) is 33.2. The number of carbonyl (C=O) groups excluding carboxylic acids is 2. The molecule has 0 spiro atoms. The molecule has 0 radical (unpaired) electrons. The summed E-state index contributed by atoms with van der Waals surface area (Å²) in [5.74, 6) is -0.239. The number of aliphatic hydroxyl groups is 2. The van der Waals surface area contributed by atoms with Crippen molar-refractivity contribution >= 4 is 17.4 Å². The van der Waals surface area contributed by atoms with Gasteiger partial charge in [0.2, 0.25) is 5.91 Å². The summed E-state index contributed by atoms with van der Waals surface area (Å²) in [7, 11) is 1.99. The van der Waals surface area contributed by atoms with E-state index in [2.05, 4.69) is 10.2 Å². The van der Waals surface area contributed by atoms with Gasteiger partial charge in [-0.25, -0.2) is 0 Å². The fraction of sp³-hybridized carbons (Fsp3) is 0.316. The Morgan fingerprint density at radius 3 is 2.24 bits per heavy atom. The molecular weight excluding hydrogens is 580 g/mol. The molecule has 1 aliphatic heterocycles. The Morgan fingerprint density at radius 1 is 0.891 bits per heavy atom. The molecule has 1 fully saturated rings. The van der Waals surface area contributed by atoms with Crippen LogP contribution in [0.4, 0.5) is 5.69 Å². The number of likely N-dealkylation sites (N-methyl/N-ethyl adjacent to an activating group) is 1. The summed E-state index contributed by atoms with van der Waals surface area (Å²) >= 11 is 0. The quantitative estimate of drug-likeness (QED) is 0.162. The second-order valence-corrected chi connectivity index (χ2v) is 12.0. The SMILES string of the molecule is CC(=O)c1cccc(NC(=O)Cc2ccc(C3OC(CN(C)C(C)C(O)c4ccccc4)CC(c4ccc(CO)cc4)O3)cc2)c1. The molecule has 0 aromatic heterocycles. The molecule has 1 heterocycles. The van der Waals surface area contributed by atoms with Crippen LogP contribution in [0.25, 0.3) is 0 Å². The number of hydrogen-bond acceptors (Lipinski definition) is 7. The molecule has 4 aromatic rings. The van der Waals surface area contributed by atoms with Crippen LogP contribution in [0.5, 0.6) is 0 Å². The van der Waals surface area contributed by atoms with E-state index in [1.54, 1.807) is 24.3 Å². The van der Waals surface area contributed by atoms with Crippen LogP contribution in [0.15, 0.2) is 103 Å². The van der Waals surface area contributed by atoms with Gasteiger partial charge < -0.3 is 25.0 Å². The van der Waals surface area contributed by atoms with Crippen molar-refractivity contribution in [2.24, 2.45) is 0 Å². The highest BCUT2D eigenvalue weighted by molar-refractivity contribution is 5.97. The van der Waals surface area contributed by atoms with Gasteiger partial charge in [0.25, 0.3) is 0 Å². The maximum Gasteiger partial charge on any atom is 0.228 e. The minimum absolute atomic E-state index is 0.0260. The molecule has 46 heavy (non-hydrogen) atoms. The molecule has 1 saturated heterocycles. The fourth-order valence-electron chi connectivity index (χ4n) is 5.69. The van der Waals surface area contributed by atoms with Gasteiger partial charge in [-0.05, 0) is 55.3 Å². The number of Topliss-reactive ketones (excluding diaryl/α,β-unsaturated/α-hetero) is 1. The van der Waals surface area contributed by atoms with E-state index in [-0.39, 0.29) is 43.0 Å². The first-order chi connectivity index (χ1) is 22.2. The van der Waals surface area contributed by atoms with Gasteiger partial charge in [-0.2, -0.15) is 0 Å². The average molecular weight is 623 g/mol. The highest BCUT2D eigenvalue weighted by Gasteiger charge is 2.34. The zero-order chi connectivity index (χ0) is 32.6. The molecule has 1 amide bonds. The van der Waals surface area contributed by atoms with Crippen molar-refractivity contribution in [3.63, 3.8) is 0 Å². The number of amides is 1. The van der Waals surface area contributed by atoms with Crippen LogP contribution < -0.4 is 5.32 Å². The standard InChI is InChI=1S/C38H42N2O6/c1-25(37(44)30-8-5-4-6-9-30)40(3)23-34-22-35(29-16-14-28(24-41)15-17-29)46-38(45-34)31-18-12-27(13-19-31)20-36(43)39-33-11-7-10-32(21-33)26(2)42/h4-19,21,25,34-35,37-38,41,44H,20,22-24H2,1-3H3,(H,39,43). The van der Waals surface area contributed by atoms with Crippen molar-refractivity contribution in [1.29, 1.82) is 0 Å². The molecule has 5 atom stereocenters. The highest BCUT2D eigenvalue weighted by atomic mass is 16.7. The van der Waals surface area contributed by atoms with Crippen LogP contribution in [0.3, 0.4) is 0 Å². The third-order valence-corrected chi connectivity index (χ3v) is 8.57. The maximum absolute atomic E-state index is 12.8. The Kier molecular flexibility index (Phi) is 11.1. The first-order valence-corrected chi connectivity index (χ1v) is 15.6. The average Bonchev–Trinajstić information content (AvgIpc) is 3.08. The van der Waals surface area contributed by atoms with E-state index >= 15 is 0 Å². The molecule has 8 heteroatoms. The predicted molar refractivity (Wildman–Crippen MR) is 177 cm³/mol. The number of nitrogens with zero attached hydrogens (tertiary/aromatic N) is 1. The van der Waals surface area contributed by atoms with Crippen LogP contribution in [-0.2, 0) is 27.3 Å². The highest BCUT2D eigenvalue weighted by Crippen LogP contribution is 2.38. The summed E-state index contributed by atoms with van der Waals surface area (Å²) in [6.45, 7) is 4.06. The van der Waals surface area contributed by atoms with Gasteiger partial charge in [-0.3, -0.25) is 14.5 Å². The zero-order valence-electron chi connectivity index (χ0n) is 26.5. The lowest BCUT2D eigenvalue weighted by Crippen LogP contribution is -2.43. The monoisotopic (exact) mass is 622 g/mol. The summed E-state index contributed by atoms with van der Waals surface area (Å²) in [4.78, 5) is 26.6. The molecule has 240 valence electrons. The van der Waals surface area contributed by atoms with E-state index in [0.29, 0.717) is 24.2 Å². The third-order valence-electron chi connectivity index (χ3n) is 8.57. The van der Waals surface area contributed by atoms with Crippen LogP contribution in [0.1, 0.15) is 76.9 Å². The van der Waals surface area contributed by atoms with E-state index in [4.69, 9.17) is 9.47 Å². The summed E-state index contributed by atoms with van der Waals surface area (Å²) < 4.78 is 13.0. The topological polar surface area (TPSA) is 108 Å². The predicted octanol–water partition coefficient (Wildman–Crippen LogP) is 6.16. The molecule has 4 aromatic carbocycles. The Hall–Kier alpha value is -4.18. The van der Waals surface area contributed by atoms with Crippen molar-refractivity contribution in [2.75, 3.05) is 18.9 Å². The number of benzene rings is 4. The normalized spacial score (nSPS) is 19.4. The molecule has 5 rings (SSSR count). The van der Waals surface area contributed by atoms with Crippen LogP contribution in [0.2, 0.25) is 0 Å².